The maximum atomic E-state index is 4.16. The highest BCUT2D eigenvalue weighted by atomic mass is 14.9. The van der Waals surface area contributed by atoms with E-state index in [0.29, 0.717) is 5.41 Å². The summed E-state index contributed by atoms with van der Waals surface area (Å²) in [5.41, 5.74) is 6.74. The van der Waals surface area contributed by atoms with Crippen molar-refractivity contribution >= 4 is 6.08 Å². The molecule has 1 N–H and O–H groups in total. The first kappa shape index (κ1) is 20.5. The summed E-state index contributed by atoms with van der Waals surface area (Å²) in [6, 6.07) is 6.54. The summed E-state index contributed by atoms with van der Waals surface area (Å²) in [7, 11) is 0. The molecule has 0 spiro atoms. The number of hydrogen-bond acceptors (Lipinski definition) is 1. The van der Waals surface area contributed by atoms with E-state index in [2.05, 4.69) is 84.6 Å². The molecule has 0 fully saturated rings. The molecule has 0 aliphatic rings. The molecule has 24 heavy (non-hydrogen) atoms. The van der Waals surface area contributed by atoms with E-state index in [1.54, 1.807) is 0 Å². The van der Waals surface area contributed by atoms with Crippen LogP contribution in [0.15, 0.2) is 36.0 Å². The smallest absolute Gasteiger partial charge is 0.0370 e. The molecule has 1 aromatic carbocycles. The topological polar surface area (TPSA) is 12.0 Å². The van der Waals surface area contributed by atoms with E-state index in [4.69, 9.17) is 0 Å². The third-order valence-corrected chi connectivity index (χ3v) is 4.64. The van der Waals surface area contributed by atoms with Crippen molar-refractivity contribution in [2.75, 3.05) is 6.54 Å². The van der Waals surface area contributed by atoms with Gasteiger partial charge in [0, 0.05) is 12.2 Å². The van der Waals surface area contributed by atoms with Gasteiger partial charge in [0.2, 0.25) is 0 Å². The summed E-state index contributed by atoms with van der Waals surface area (Å²) in [6.07, 6.45) is 5.76. The van der Waals surface area contributed by atoms with Gasteiger partial charge in [-0.3, -0.25) is 0 Å². The van der Waals surface area contributed by atoms with Crippen molar-refractivity contribution in [1.29, 1.82) is 0 Å². The molecule has 0 amide bonds. The molecule has 1 heteroatoms. The van der Waals surface area contributed by atoms with E-state index in [1.807, 2.05) is 0 Å². The van der Waals surface area contributed by atoms with Crippen LogP contribution in [0.4, 0.5) is 0 Å². The van der Waals surface area contributed by atoms with Crippen LogP contribution in [-0.2, 0) is 6.42 Å². The van der Waals surface area contributed by atoms with Gasteiger partial charge in [-0.15, -0.1) is 0 Å². The molecule has 0 saturated heterocycles. The molecule has 0 unspecified atom stereocenters. The Kier molecular flexibility index (Phi) is 7.79. The summed E-state index contributed by atoms with van der Waals surface area (Å²) in [5.74, 6) is 0.746. The Morgan fingerprint density at radius 2 is 1.96 bits per heavy atom. The predicted molar refractivity (Wildman–Crippen MR) is 109 cm³/mol. The van der Waals surface area contributed by atoms with E-state index in [9.17, 15) is 0 Å². The van der Waals surface area contributed by atoms with Gasteiger partial charge in [-0.05, 0) is 72.8 Å². The van der Waals surface area contributed by atoms with Gasteiger partial charge in [0.15, 0.2) is 0 Å². The normalized spacial score (nSPS) is 12.6. The number of rotatable bonds is 9. The molecule has 0 heterocycles. The van der Waals surface area contributed by atoms with Gasteiger partial charge < -0.3 is 5.32 Å². The Labute approximate surface area is 150 Å². The molecule has 0 saturated carbocycles. The van der Waals surface area contributed by atoms with Crippen LogP contribution >= 0.6 is 0 Å². The van der Waals surface area contributed by atoms with Crippen LogP contribution in [0.3, 0.4) is 0 Å². The maximum Gasteiger partial charge on any atom is 0.0370 e. The van der Waals surface area contributed by atoms with Gasteiger partial charge in [0.1, 0.15) is 0 Å². The fourth-order valence-corrected chi connectivity index (χ4v) is 3.57. The van der Waals surface area contributed by atoms with Crippen LogP contribution in [0, 0.1) is 18.3 Å². The Bertz CT molecular complexity index is 576. The standard InChI is InChI=1S/C23H37N/c1-9-21-19(6)11-10-12-20(21)15-22(18(4)5)24-14-13-23(7,8)16-17(2)3/h10-12,15,17,24H,4,9,13-14,16H2,1-3,5-8H3/b22-15+. The minimum Gasteiger partial charge on any atom is -0.385 e. The zero-order chi connectivity index (χ0) is 18.3. The van der Waals surface area contributed by atoms with Crippen LogP contribution in [0.5, 0.6) is 0 Å². The van der Waals surface area contributed by atoms with Crippen LogP contribution < -0.4 is 5.32 Å². The molecule has 0 aliphatic carbocycles. The first-order valence-electron chi connectivity index (χ1n) is 9.36. The minimum atomic E-state index is 0.374. The zero-order valence-corrected chi connectivity index (χ0v) is 16.9. The van der Waals surface area contributed by atoms with E-state index < -0.39 is 0 Å². The third kappa shape index (κ3) is 6.55. The van der Waals surface area contributed by atoms with Gasteiger partial charge in [-0.2, -0.15) is 0 Å². The van der Waals surface area contributed by atoms with E-state index in [-0.39, 0.29) is 0 Å². The second-order valence-corrected chi connectivity index (χ2v) is 8.27. The molecule has 0 atom stereocenters. The Balaban J connectivity index is 2.86. The fraction of sp³-hybridized carbons (Fsp3) is 0.565. The average Bonchev–Trinajstić information content (AvgIpc) is 2.44. The molecule has 0 aromatic heterocycles. The summed E-state index contributed by atoms with van der Waals surface area (Å²) in [4.78, 5) is 0. The number of nitrogens with one attached hydrogen (secondary N) is 1. The van der Waals surface area contributed by atoms with Crippen molar-refractivity contribution in [2.24, 2.45) is 11.3 Å². The molecule has 1 nitrogen and oxygen atoms in total. The molecular weight excluding hydrogens is 290 g/mol. The van der Waals surface area contributed by atoms with Gasteiger partial charge >= 0.3 is 0 Å². The summed E-state index contributed by atoms with van der Waals surface area (Å²) in [6.45, 7) is 21.0. The number of allylic oxidation sites excluding steroid dienone is 1. The van der Waals surface area contributed by atoms with Crippen LogP contribution in [-0.4, -0.2) is 6.54 Å². The highest BCUT2D eigenvalue weighted by Crippen LogP contribution is 2.29. The molecule has 1 aromatic rings. The fourth-order valence-electron chi connectivity index (χ4n) is 3.57. The predicted octanol–water partition coefficient (Wildman–Crippen LogP) is 6.53. The lowest BCUT2D eigenvalue weighted by molar-refractivity contribution is 0.265. The van der Waals surface area contributed by atoms with Gasteiger partial charge in [0.05, 0.1) is 0 Å². The summed E-state index contributed by atoms with van der Waals surface area (Å²) < 4.78 is 0. The molecule has 0 radical (unpaired) electrons. The largest absolute Gasteiger partial charge is 0.385 e. The lowest BCUT2D eigenvalue weighted by Gasteiger charge is -2.27. The Morgan fingerprint density at radius 1 is 1.29 bits per heavy atom. The van der Waals surface area contributed by atoms with Gasteiger partial charge in [0.25, 0.3) is 0 Å². The third-order valence-electron chi connectivity index (χ3n) is 4.64. The molecule has 1 rings (SSSR count). The van der Waals surface area contributed by atoms with Crippen LogP contribution in [0.2, 0.25) is 0 Å². The quantitative estimate of drug-likeness (QED) is 0.509. The zero-order valence-electron chi connectivity index (χ0n) is 16.9. The Hall–Kier alpha value is -1.50. The van der Waals surface area contributed by atoms with E-state index >= 15 is 0 Å². The second-order valence-electron chi connectivity index (χ2n) is 8.27. The average molecular weight is 328 g/mol. The van der Waals surface area contributed by atoms with Gasteiger partial charge in [-0.25, -0.2) is 0 Å². The van der Waals surface area contributed by atoms with Crippen LogP contribution in [0.25, 0.3) is 6.08 Å². The summed E-state index contributed by atoms with van der Waals surface area (Å²) >= 11 is 0. The number of hydrogen-bond donors (Lipinski definition) is 1. The molecular formula is C23H37N. The second kappa shape index (κ2) is 9.11. The molecule has 134 valence electrons. The Morgan fingerprint density at radius 3 is 2.50 bits per heavy atom. The highest BCUT2D eigenvalue weighted by Gasteiger charge is 2.19. The lowest BCUT2D eigenvalue weighted by Crippen LogP contribution is -2.23. The van der Waals surface area contributed by atoms with Crippen molar-refractivity contribution in [3.05, 3.63) is 52.7 Å². The maximum absolute atomic E-state index is 4.16. The molecule has 0 aliphatic heterocycles. The van der Waals surface area contributed by atoms with E-state index in [1.165, 1.54) is 29.5 Å². The number of aryl methyl sites for hydroxylation is 1. The monoisotopic (exact) mass is 327 g/mol. The molecule has 0 bridgehead atoms. The summed E-state index contributed by atoms with van der Waals surface area (Å²) in [5, 5.41) is 3.63. The van der Waals surface area contributed by atoms with E-state index in [0.717, 1.165) is 30.2 Å². The van der Waals surface area contributed by atoms with Crippen molar-refractivity contribution in [2.45, 2.75) is 67.7 Å². The van der Waals surface area contributed by atoms with Crippen molar-refractivity contribution in [3.8, 4) is 0 Å². The van der Waals surface area contributed by atoms with Crippen LogP contribution in [0.1, 0.15) is 71.1 Å². The van der Waals surface area contributed by atoms with Crippen molar-refractivity contribution in [1.82, 2.24) is 5.32 Å². The lowest BCUT2D eigenvalue weighted by atomic mass is 9.81. The highest BCUT2D eigenvalue weighted by molar-refractivity contribution is 5.61. The first-order chi connectivity index (χ1) is 11.2. The van der Waals surface area contributed by atoms with Gasteiger partial charge in [-0.1, -0.05) is 59.4 Å². The SMILES string of the molecule is C=C(C)/C(=C\c1cccc(C)c1CC)NCCC(C)(C)CC(C)C. The van der Waals surface area contributed by atoms with Crippen molar-refractivity contribution < 1.29 is 0 Å². The number of benzene rings is 1. The minimum absolute atomic E-state index is 0.374. The first-order valence-corrected chi connectivity index (χ1v) is 9.36. The van der Waals surface area contributed by atoms with Crippen molar-refractivity contribution in [3.63, 3.8) is 0 Å².